The summed E-state index contributed by atoms with van der Waals surface area (Å²) < 4.78 is 0.790. The molecule has 1 unspecified atom stereocenters. The smallest absolute Gasteiger partial charge is 0.340 e. The molecule has 1 atom stereocenters. The average Bonchev–Trinajstić information content (AvgIpc) is 2.75. The number of rotatable bonds is 3. The van der Waals surface area contributed by atoms with Crippen molar-refractivity contribution in [3.63, 3.8) is 0 Å². The molecule has 3 N–H and O–H groups in total. The first kappa shape index (κ1) is 10.4. The number of hydrogen-bond donors (Lipinski definition) is 3. The Hall–Kier alpha value is -1.15. The van der Waals surface area contributed by atoms with Crippen LogP contribution in [0.2, 0.25) is 0 Å². The molecule has 0 aromatic carbocycles. The quantitative estimate of drug-likeness (QED) is 0.799. The van der Waals surface area contributed by atoms with Crippen molar-refractivity contribution in [2.75, 3.05) is 5.32 Å². The van der Waals surface area contributed by atoms with E-state index in [9.17, 15) is 4.79 Å². The molecule has 2 aromatic heterocycles. The highest BCUT2D eigenvalue weighted by atomic mass is 79.9. The third kappa shape index (κ3) is 2.45. The van der Waals surface area contributed by atoms with Gasteiger partial charge in [0.2, 0.25) is 0 Å². The topological polar surface area (TPSA) is 86.5 Å². The van der Waals surface area contributed by atoms with Crippen LogP contribution >= 0.6 is 27.3 Å². The number of hydrogen-bond acceptors (Lipinski definition) is 5. The lowest BCUT2D eigenvalue weighted by atomic mass is 10.3. The number of thiazole rings is 1. The fraction of sp³-hybridized carbons (Fsp3) is 0.286. The van der Waals surface area contributed by atoms with Crippen LogP contribution in [0.5, 0.6) is 0 Å². The first-order valence-corrected chi connectivity index (χ1v) is 5.84. The van der Waals surface area contributed by atoms with Crippen molar-refractivity contribution in [3.05, 3.63) is 26.3 Å². The van der Waals surface area contributed by atoms with Crippen LogP contribution in [0.4, 0.5) is 5.13 Å². The molecule has 0 aliphatic heterocycles. The second-order valence-electron chi connectivity index (χ2n) is 2.90. The minimum Gasteiger partial charge on any atom is -0.352 e. The molecular formula is C7H8BrN5OS. The highest BCUT2D eigenvalue weighted by Gasteiger charge is 2.10. The van der Waals surface area contributed by atoms with Crippen molar-refractivity contribution < 1.29 is 0 Å². The van der Waals surface area contributed by atoms with Crippen molar-refractivity contribution in [1.29, 1.82) is 0 Å². The van der Waals surface area contributed by atoms with E-state index in [0.29, 0.717) is 5.82 Å². The van der Waals surface area contributed by atoms with Crippen molar-refractivity contribution in [2.45, 2.75) is 13.0 Å². The molecule has 0 radical (unpaired) electrons. The van der Waals surface area contributed by atoms with Gasteiger partial charge in [0.05, 0.1) is 6.04 Å². The molecule has 0 fully saturated rings. The monoisotopic (exact) mass is 289 g/mol. The van der Waals surface area contributed by atoms with E-state index in [0.717, 1.165) is 9.73 Å². The maximum atomic E-state index is 10.8. The van der Waals surface area contributed by atoms with Crippen LogP contribution in [0.3, 0.4) is 0 Å². The van der Waals surface area contributed by atoms with Crippen LogP contribution in [-0.2, 0) is 0 Å². The molecule has 0 aliphatic carbocycles. The zero-order valence-electron chi connectivity index (χ0n) is 7.74. The van der Waals surface area contributed by atoms with Gasteiger partial charge in [-0.2, -0.15) is 5.10 Å². The lowest BCUT2D eigenvalue weighted by molar-refractivity contribution is 0.793. The number of nitrogens with one attached hydrogen (secondary N) is 3. The van der Waals surface area contributed by atoms with E-state index in [1.165, 1.54) is 11.3 Å². The average molecular weight is 290 g/mol. The largest absolute Gasteiger partial charge is 0.352 e. The number of nitrogens with zero attached hydrogens (tertiary/aromatic N) is 2. The summed E-state index contributed by atoms with van der Waals surface area (Å²) in [6.07, 6.45) is 0. The van der Waals surface area contributed by atoms with Crippen LogP contribution in [0, 0.1) is 0 Å². The number of anilines is 1. The minimum atomic E-state index is -0.307. The number of halogens is 1. The summed E-state index contributed by atoms with van der Waals surface area (Å²) in [5.74, 6) is 0.561. The van der Waals surface area contributed by atoms with E-state index in [2.05, 4.69) is 41.4 Å². The van der Waals surface area contributed by atoms with Crippen molar-refractivity contribution in [1.82, 2.24) is 20.2 Å². The lowest BCUT2D eigenvalue weighted by Crippen LogP contribution is -2.09. The standard InChI is InChI=1S/C7H8BrN5OS/c1-3(5-11-6(14)13-12-5)9-7-10-4(8)2-15-7/h2-3H,1H3,(H,9,10)(H2,11,12,13,14). The fourth-order valence-corrected chi connectivity index (χ4v) is 2.29. The molecule has 0 aliphatic rings. The molecule has 80 valence electrons. The third-order valence-corrected chi connectivity index (χ3v) is 3.23. The van der Waals surface area contributed by atoms with Crippen LogP contribution in [-0.4, -0.2) is 20.2 Å². The summed E-state index contributed by atoms with van der Waals surface area (Å²) >= 11 is 4.74. The maximum absolute atomic E-state index is 10.8. The minimum absolute atomic E-state index is 0.0954. The van der Waals surface area contributed by atoms with Crippen molar-refractivity contribution in [3.8, 4) is 0 Å². The number of aromatic nitrogens is 4. The van der Waals surface area contributed by atoms with E-state index in [4.69, 9.17) is 0 Å². The Bertz CT molecular complexity index is 503. The summed E-state index contributed by atoms with van der Waals surface area (Å²) in [7, 11) is 0. The summed E-state index contributed by atoms with van der Waals surface area (Å²) in [4.78, 5) is 17.6. The number of H-pyrrole nitrogens is 2. The molecule has 15 heavy (non-hydrogen) atoms. The predicted octanol–water partition coefficient (Wildman–Crippen LogP) is 1.49. The van der Waals surface area contributed by atoms with Gasteiger partial charge in [0.25, 0.3) is 0 Å². The second kappa shape index (κ2) is 4.15. The van der Waals surface area contributed by atoms with E-state index in [-0.39, 0.29) is 11.7 Å². The van der Waals surface area contributed by atoms with E-state index in [1.807, 2.05) is 12.3 Å². The number of aromatic amines is 2. The Kier molecular flexibility index (Phi) is 2.87. The summed E-state index contributed by atoms with van der Waals surface area (Å²) in [6, 6.07) is -0.0954. The Balaban J connectivity index is 2.10. The Labute approximate surface area is 97.3 Å². The van der Waals surface area contributed by atoms with E-state index in [1.54, 1.807) is 0 Å². The van der Waals surface area contributed by atoms with E-state index < -0.39 is 0 Å². The van der Waals surface area contributed by atoms with Gasteiger partial charge in [-0.1, -0.05) is 0 Å². The molecule has 0 amide bonds. The zero-order chi connectivity index (χ0) is 10.8. The van der Waals surface area contributed by atoms with Crippen LogP contribution in [0.25, 0.3) is 0 Å². The zero-order valence-corrected chi connectivity index (χ0v) is 10.1. The SMILES string of the molecule is CC(Nc1nc(Br)cs1)c1n[nH]c(=O)[nH]1. The highest BCUT2D eigenvalue weighted by Crippen LogP contribution is 2.22. The Morgan fingerprint density at radius 2 is 2.47 bits per heavy atom. The maximum Gasteiger partial charge on any atom is 0.340 e. The molecule has 2 heterocycles. The Morgan fingerprint density at radius 3 is 3.00 bits per heavy atom. The summed E-state index contributed by atoms with van der Waals surface area (Å²) in [5.41, 5.74) is -0.307. The highest BCUT2D eigenvalue weighted by molar-refractivity contribution is 9.10. The van der Waals surface area contributed by atoms with Gasteiger partial charge in [-0.25, -0.2) is 14.9 Å². The van der Waals surface area contributed by atoms with Crippen molar-refractivity contribution in [2.24, 2.45) is 0 Å². The molecule has 8 heteroatoms. The Morgan fingerprint density at radius 1 is 1.67 bits per heavy atom. The van der Waals surface area contributed by atoms with Gasteiger partial charge in [0.15, 0.2) is 11.0 Å². The predicted molar refractivity (Wildman–Crippen MR) is 61.1 cm³/mol. The fourth-order valence-electron chi connectivity index (χ4n) is 1.06. The third-order valence-electron chi connectivity index (χ3n) is 1.75. The first-order valence-electron chi connectivity index (χ1n) is 4.17. The molecule has 2 rings (SSSR count). The van der Waals surface area contributed by atoms with Crippen LogP contribution in [0.15, 0.2) is 14.8 Å². The van der Waals surface area contributed by atoms with Crippen molar-refractivity contribution >= 4 is 32.4 Å². The molecule has 6 nitrogen and oxygen atoms in total. The summed E-state index contributed by atoms with van der Waals surface area (Å²) in [5, 5.41) is 11.9. The van der Waals surface area contributed by atoms with Gasteiger partial charge in [-0.3, -0.25) is 4.98 Å². The van der Waals surface area contributed by atoms with Gasteiger partial charge in [-0.15, -0.1) is 11.3 Å². The van der Waals surface area contributed by atoms with Crippen LogP contribution in [0.1, 0.15) is 18.8 Å². The molecule has 2 aromatic rings. The van der Waals surface area contributed by atoms with E-state index >= 15 is 0 Å². The molecular weight excluding hydrogens is 282 g/mol. The normalized spacial score (nSPS) is 12.7. The van der Waals surface area contributed by atoms with Gasteiger partial charge in [-0.05, 0) is 22.9 Å². The molecule has 0 spiro atoms. The molecule has 0 bridgehead atoms. The van der Waals surface area contributed by atoms with Gasteiger partial charge < -0.3 is 5.32 Å². The lowest BCUT2D eigenvalue weighted by Gasteiger charge is -2.08. The second-order valence-corrected chi connectivity index (χ2v) is 4.57. The molecule has 0 saturated heterocycles. The molecule has 0 saturated carbocycles. The van der Waals surface area contributed by atoms with Gasteiger partial charge in [0.1, 0.15) is 4.60 Å². The van der Waals surface area contributed by atoms with Crippen LogP contribution < -0.4 is 11.0 Å². The van der Waals surface area contributed by atoms with Gasteiger partial charge in [0, 0.05) is 5.38 Å². The van der Waals surface area contributed by atoms with Gasteiger partial charge >= 0.3 is 5.69 Å². The first-order chi connectivity index (χ1) is 7.15. The summed E-state index contributed by atoms with van der Waals surface area (Å²) in [6.45, 7) is 1.89.